The Labute approximate surface area is 200 Å². The van der Waals surface area contributed by atoms with Gasteiger partial charge in [0.1, 0.15) is 5.65 Å². The predicted octanol–water partition coefficient (Wildman–Crippen LogP) is 5.44. The quantitative estimate of drug-likeness (QED) is 0.155. The molecular weight excluding hydrogens is 430 g/mol. The molecule has 7 nitrogen and oxygen atoms in total. The summed E-state index contributed by atoms with van der Waals surface area (Å²) in [5.41, 5.74) is 3.74. The van der Waals surface area contributed by atoms with Gasteiger partial charge in [-0.2, -0.15) is 0 Å². The van der Waals surface area contributed by atoms with Crippen molar-refractivity contribution in [3.63, 3.8) is 0 Å². The summed E-state index contributed by atoms with van der Waals surface area (Å²) in [6.07, 6.45) is 4.36. The molecule has 2 aromatic heterocycles. The summed E-state index contributed by atoms with van der Waals surface area (Å²) < 4.78 is 12.5. The van der Waals surface area contributed by atoms with Crippen LogP contribution in [0.3, 0.4) is 0 Å². The maximum Gasteiger partial charge on any atom is 0.305 e. The Morgan fingerprint density at radius 2 is 1.94 bits per heavy atom. The number of nitrogens with zero attached hydrogens (tertiary/aromatic N) is 3. The number of hydrogen-bond donors (Lipinski definition) is 0. The SMILES string of the molecule is [C-]#[N+]c1cnc2c(c1)c(C(=O)C[C@H](C)CC(=O)OC)c(CCCCOCc1ccccc1)n2C. The topological polar surface area (TPSA) is 74.8 Å². The van der Waals surface area contributed by atoms with E-state index < -0.39 is 0 Å². The summed E-state index contributed by atoms with van der Waals surface area (Å²) in [5, 5.41) is 0.696. The van der Waals surface area contributed by atoms with Crippen molar-refractivity contribution in [2.45, 2.75) is 45.6 Å². The van der Waals surface area contributed by atoms with Crippen molar-refractivity contribution < 1.29 is 19.1 Å². The van der Waals surface area contributed by atoms with Gasteiger partial charge in [0.05, 0.1) is 20.3 Å². The molecule has 3 aromatic rings. The number of rotatable bonds is 12. The van der Waals surface area contributed by atoms with Gasteiger partial charge in [0, 0.05) is 49.3 Å². The Morgan fingerprint density at radius 1 is 1.18 bits per heavy atom. The van der Waals surface area contributed by atoms with Crippen LogP contribution < -0.4 is 0 Å². The molecular formula is C27H31N3O4. The first-order valence-corrected chi connectivity index (χ1v) is 11.5. The molecule has 178 valence electrons. The highest BCUT2D eigenvalue weighted by Crippen LogP contribution is 2.30. The number of unbranched alkanes of at least 4 members (excludes halogenated alkanes) is 1. The lowest BCUT2D eigenvalue weighted by molar-refractivity contribution is -0.141. The highest BCUT2D eigenvalue weighted by atomic mass is 16.5. The van der Waals surface area contributed by atoms with Gasteiger partial charge in [0.25, 0.3) is 0 Å². The van der Waals surface area contributed by atoms with Gasteiger partial charge in [-0.25, -0.2) is 9.83 Å². The molecule has 0 unspecified atom stereocenters. The van der Waals surface area contributed by atoms with Gasteiger partial charge in [-0.3, -0.25) is 9.59 Å². The monoisotopic (exact) mass is 461 g/mol. The second-order valence-electron chi connectivity index (χ2n) is 8.57. The number of esters is 1. The first kappa shape index (κ1) is 25.1. The predicted molar refractivity (Wildman–Crippen MR) is 131 cm³/mol. The molecule has 34 heavy (non-hydrogen) atoms. The molecule has 0 bridgehead atoms. The van der Waals surface area contributed by atoms with Crippen molar-refractivity contribution >= 4 is 28.5 Å². The van der Waals surface area contributed by atoms with Crippen molar-refractivity contribution in [3.8, 4) is 0 Å². The number of methoxy groups -OCH3 is 1. The van der Waals surface area contributed by atoms with Crippen molar-refractivity contribution in [1.29, 1.82) is 0 Å². The summed E-state index contributed by atoms with van der Waals surface area (Å²) >= 11 is 0. The summed E-state index contributed by atoms with van der Waals surface area (Å²) in [6.45, 7) is 10.4. The van der Waals surface area contributed by atoms with E-state index in [4.69, 9.17) is 16.0 Å². The molecule has 0 amide bonds. The number of ketones is 1. The number of carbonyl (C=O) groups excluding carboxylic acids is 2. The van der Waals surface area contributed by atoms with Crippen LogP contribution >= 0.6 is 0 Å². The first-order valence-electron chi connectivity index (χ1n) is 11.5. The van der Waals surface area contributed by atoms with E-state index in [0.717, 1.165) is 24.1 Å². The molecule has 2 heterocycles. The zero-order chi connectivity index (χ0) is 24.5. The van der Waals surface area contributed by atoms with E-state index in [1.165, 1.54) is 13.3 Å². The van der Waals surface area contributed by atoms with Gasteiger partial charge >= 0.3 is 5.97 Å². The lowest BCUT2D eigenvalue weighted by Gasteiger charge is -2.11. The molecule has 0 aliphatic heterocycles. The number of carbonyl (C=O) groups is 2. The van der Waals surface area contributed by atoms with Crippen LogP contribution in [0, 0.1) is 12.5 Å². The third-order valence-electron chi connectivity index (χ3n) is 5.88. The number of pyridine rings is 1. The molecule has 1 atom stereocenters. The molecule has 0 saturated heterocycles. The van der Waals surface area contributed by atoms with E-state index in [1.807, 2.05) is 48.9 Å². The van der Waals surface area contributed by atoms with Gasteiger partial charge in [0.2, 0.25) is 5.69 Å². The molecule has 0 fully saturated rings. The van der Waals surface area contributed by atoms with Crippen LogP contribution in [-0.4, -0.2) is 35.0 Å². The van der Waals surface area contributed by atoms with E-state index >= 15 is 0 Å². The van der Waals surface area contributed by atoms with Crippen LogP contribution in [0.15, 0.2) is 42.6 Å². The minimum absolute atomic E-state index is 0.0405. The van der Waals surface area contributed by atoms with Crippen LogP contribution in [0.4, 0.5) is 5.69 Å². The Balaban J connectivity index is 1.72. The molecule has 7 heteroatoms. The van der Waals surface area contributed by atoms with Gasteiger partial charge in [-0.15, -0.1) is 0 Å². The Hall–Kier alpha value is -3.50. The van der Waals surface area contributed by atoms with E-state index in [2.05, 4.69) is 9.83 Å². The zero-order valence-corrected chi connectivity index (χ0v) is 20.0. The number of aryl methyl sites for hydroxylation is 1. The van der Waals surface area contributed by atoms with E-state index in [0.29, 0.717) is 41.9 Å². The van der Waals surface area contributed by atoms with Gasteiger partial charge in [-0.05, 0) is 36.8 Å². The summed E-state index contributed by atoms with van der Waals surface area (Å²) in [4.78, 5) is 32.9. The minimum Gasteiger partial charge on any atom is -0.469 e. The number of benzene rings is 1. The Morgan fingerprint density at radius 3 is 2.65 bits per heavy atom. The van der Waals surface area contributed by atoms with Crippen molar-refractivity contribution in [2.75, 3.05) is 13.7 Å². The van der Waals surface area contributed by atoms with Crippen molar-refractivity contribution in [3.05, 3.63) is 70.8 Å². The molecule has 3 rings (SSSR count). The van der Waals surface area contributed by atoms with E-state index in [1.54, 1.807) is 6.07 Å². The maximum absolute atomic E-state index is 13.4. The van der Waals surface area contributed by atoms with Crippen LogP contribution in [0.1, 0.15) is 54.2 Å². The average molecular weight is 462 g/mol. The van der Waals surface area contributed by atoms with Crippen LogP contribution in [-0.2, 0) is 34.3 Å². The van der Waals surface area contributed by atoms with Crippen LogP contribution in [0.2, 0.25) is 0 Å². The third-order valence-corrected chi connectivity index (χ3v) is 5.88. The molecule has 0 saturated carbocycles. The molecule has 1 aromatic carbocycles. The second kappa shape index (κ2) is 12.1. The highest BCUT2D eigenvalue weighted by Gasteiger charge is 2.24. The largest absolute Gasteiger partial charge is 0.469 e. The lowest BCUT2D eigenvalue weighted by atomic mass is 9.94. The van der Waals surface area contributed by atoms with Crippen LogP contribution in [0.25, 0.3) is 15.9 Å². The van der Waals surface area contributed by atoms with Crippen molar-refractivity contribution in [2.24, 2.45) is 13.0 Å². The van der Waals surface area contributed by atoms with Crippen molar-refractivity contribution in [1.82, 2.24) is 9.55 Å². The average Bonchev–Trinajstić information content (AvgIpc) is 3.12. The number of ether oxygens (including phenoxy) is 2. The van der Waals surface area contributed by atoms with E-state index in [-0.39, 0.29) is 30.5 Å². The van der Waals surface area contributed by atoms with Gasteiger partial charge in [-0.1, -0.05) is 37.3 Å². The molecule has 0 aliphatic rings. The number of Topliss-reactive ketones (excluding diaryl/α,β-unsaturated/α-hetero) is 1. The maximum atomic E-state index is 13.4. The fourth-order valence-electron chi connectivity index (χ4n) is 4.13. The Kier molecular flexibility index (Phi) is 8.94. The standard InChI is InChI=1S/C27H31N3O4/c1-19(15-25(32)33-4)14-24(31)26-22-16-21(28-2)17-29-27(22)30(3)23(26)12-8-9-13-34-18-20-10-6-5-7-11-20/h5-7,10-11,16-17,19H,8-9,12-15,18H2,1,3-4H3/t19-/m0/s1. The zero-order valence-electron chi connectivity index (χ0n) is 20.0. The molecule has 0 aliphatic carbocycles. The van der Waals surface area contributed by atoms with Gasteiger partial charge in [0.15, 0.2) is 5.78 Å². The van der Waals surface area contributed by atoms with Crippen LogP contribution in [0.5, 0.6) is 0 Å². The molecule has 0 radical (unpaired) electrons. The summed E-state index contributed by atoms with van der Waals surface area (Å²) in [5.74, 6) is -0.515. The van der Waals surface area contributed by atoms with E-state index in [9.17, 15) is 9.59 Å². The number of aromatic nitrogens is 2. The fraction of sp³-hybridized carbons (Fsp3) is 0.407. The molecule has 0 N–H and O–H groups in total. The normalized spacial score (nSPS) is 11.8. The van der Waals surface area contributed by atoms with Gasteiger partial charge < -0.3 is 14.0 Å². The third kappa shape index (κ3) is 6.30. The first-order chi connectivity index (χ1) is 16.4. The summed E-state index contributed by atoms with van der Waals surface area (Å²) in [7, 11) is 3.25. The number of fused-ring (bicyclic) bond motifs is 1. The lowest BCUT2D eigenvalue weighted by Crippen LogP contribution is -2.13. The fourth-order valence-corrected chi connectivity index (χ4v) is 4.13. The Bertz CT molecular complexity index is 1180. The smallest absolute Gasteiger partial charge is 0.305 e. The minimum atomic E-state index is -0.328. The molecule has 0 spiro atoms. The summed E-state index contributed by atoms with van der Waals surface area (Å²) in [6, 6.07) is 11.8. The number of hydrogen-bond acceptors (Lipinski definition) is 5. The highest BCUT2D eigenvalue weighted by molar-refractivity contribution is 6.09. The second-order valence-corrected chi connectivity index (χ2v) is 8.57.